The number of ether oxygens (including phenoxy) is 1. The Morgan fingerprint density at radius 3 is 2.57 bits per heavy atom. The molecule has 0 atom stereocenters. The minimum absolute atomic E-state index is 0.0465. The van der Waals surface area contributed by atoms with E-state index in [-0.39, 0.29) is 18.5 Å². The van der Waals surface area contributed by atoms with Crippen LogP contribution in [0.4, 0.5) is 0 Å². The SMILES string of the molecule is CC(C)COc1ccc(C(=O)N(CC(N)=O)C2CCCC2)cn1. The van der Waals surface area contributed by atoms with Crippen molar-refractivity contribution in [3.63, 3.8) is 0 Å². The van der Waals surface area contributed by atoms with Crippen LogP contribution in [0.25, 0.3) is 0 Å². The Hall–Kier alpha value is -2.11. The molecule has 126 valence electrons. The largest absolute Gasteiger partial charge is 0.477 e. The van der Waals surface area contributed by atoms with Crippen molar-refractivity contribution in [1.29, 1.82) is 0 Å². The second kappa shape index (κ2) is 7.94. The third-order valence-electron chi connectivity index (χ3n) is 3.90. The maximum atomic E-state index is 12.7. The van der Waals surface area contributed by atoms with Gasteiger partial charge in [-0.3, -0.25) is 9.59 Å². The molecule has 2 amide bonds. The number of hydrogen-bond donors (Lipinski definition) is 1. The molecule has 0 aliphatic heterocycles. The monoisotopic (exact) mass is 319 g/mol. The summed E-state index contributed by atoms with van der Waals surface area (Å²) in [5, 5.41) is 0. The van der Waals surface area contributed by atoms with Gasteiger partial charge in [-0.1, -0.05) is 26.7 Å². The number of primary amides is 1. The fraction of sp³-hybridized carbons (Fsp3) is 0.588. The van der Waals surface area contributed by atoms with Crippen molar-refractivity contribution in [1.82, 2.24) is 9.88 Å². The smallest absolute Gasteiger partial charge is 0.256 e. The predicted molar refractivity (Wildman–Crippen MR) is 87.1 cm³/mol. The van der Waals surface area contributed by atoms with Crippen molar-refractivity contribution in [3.05, 3.63) is 23.9 Å². The van der Waals surface area contributed by atoms with Gasteiger partial charge in [-0.2, -0.15) is 0 Å². The number of aromatic nitrogens is 1. The molecule has 0 saturated heterocycles. The summed E-state index contributed by atoms with van der Waals surface area (Å²) in [5.74, 6) is 0.220. The molecule has 6 nitrogen and oxygen atoms in total. The summed E-state index contributed by atoms with van der Waals surface area (Å²) < 4.78 is 5.52. The van der Waals surface area contributed by atoms with Crippen LogP contribution in [-0.4, -0.2) is 40.9 Å². The minimum atomic E-state index is -0.491. The normalized spacial score (nSPS) is 14.9. The highest BCUT2D eigenvalue weighted by atomic mass is 16.5. The van der Waals surface area contributed by atoms with Crippen LogP contribution >= 0.6 is 0 Å². The Morgan fingerprint density at radius 2 is 2.04 bits per heavy atom. The van der Waals surface area contributed by atoms with E-state index in [1.54, 1.807) is 17.0 Å². The molecule has 0 spiro atoms. The Morgan fingerprint density at radius 1 is 1.35 bits per heavy atom. The molecule has 0 aromatic carbocycles. The Balaban J connectivity index is 2.07. The van der Waals surface area contributed by atoms with Crippen LogP contribution in [0.1, 0.15) is 49.9 Å². The maximum Gasteiger partial charge on any atom is 0.256 e. The van der Waals surface area contributed by atoms with E-state index in [4.69, 9.17) is 10.5 Å². The number of nitrogens with two attached hydrogens (primary N) is 1. The number of carbonyl (C=O) groups excluding carboxylic acids is 2. The zero-order valence-electron chi connectivity index (χ0n) is 13.8. The number of amides is 2. The van der Waals surface area contributed by atoms with Crippen LogP contribution < -0.4 is 10.5 Å². The van der Waals surface area contributed by atoms with E-state index >= 15 is 0 Å². The molecule has 1 heterocycles. The molecule has 2 N–H and O–H groups in total. The van der Waals surface area contributed by atoms with E-state index in [0.29, 0.717) is 24.0 Å². The summed E-state index contributed by atoms with van der Waals surface area (Å²) in [7, 11) is 0. The number of carbonyl (C=O) groups is 2. The molecule has 23 heavy (non-hydrogen) atoms. The van der Waals surface area contributed by atoms with Gasteiger partial charge in [0.05, 0.1) is 18.7 Å². The lowest BCUT2D eigenvalue weighted by Gasteiger charge is -2.27. The van der Waals surface area contributed by atoms with Crippen molar-refractivity contribution in [2.45, 2.75) is 45.6 Å². The van der Waals surface area contributed by atoms with Crippen molar-refractivity contribution < 1.29 is 14.3 Å². The molecule has 6 heteroatoms. The third-order valence-corrected chi connectivity index (χ3v) is 3.90. The number of pyridine rings is 1. The van der Waals surface area contributed by atoms with E-state index in [1.807, 2.05) is 0 Å². The summed E-state index contributed by atoms with van der Waals surface area (Å²) >= 11 is 0. The van der Waals surface area contributed by atoms with Gasteiger partial charge >= 0.3 is 0 Å². The van der Waals surface area contributed by atoms with Gasteiger partial charge in [-0.05, 0) is 24.8 Å². The van der Waals surface area contributed by atoms with E-state index in [9.17, 15) is 9.59 Å². The van der Waals surface area contributed by atoms with Gasteiger partial charge in [0, 0.05) is 18.3 Å². The Labute approximate surface area is 137 Å². The van der Waals surface area contributed by atoms with Gasteiger partial charge in [0.15, 0.2) is 0 Å². The summed E-state index contributed by atoms with van der Waals surface area (Å²) in [5.41, 5.74) is 5.75. The van der Waals surface area contributed by atoms with Crippen molar-refractivity contribution in [2.24, 2.45) is 11.7 Å². The fourth-order valence-corrected chi connectivity index (χ4v) is 2.76. The van der Waals surface area contributed by atoms with Crippen molar-refractivity contribution in [2.75, 3.05) is 13.2 Å². The van der Waals surface area contributed by atoms with Crippen molar-refractivity contribution in [3.8, 4) is 5.88 Å². The number of nitrogens with zero attached hydrogens (tertiary/aromatic N) is 2. The fourth-order valence-electron chi connectivity index (χ4n) is 2.76. The predicted octanol–water partition coefficient (Wildman–Crippen LogP) is 1.99. The number of hydrogen-bond acceptors (Lipinski definition) is 4. The number of rotatable bonds is 7. The molecule has 1 aliphatic rings. The molecule has 1 aliphatic carbocycles. The third kappa shape index (κ3) is 4.94. The summed E-state index contributed by atoms with van der Waals surface area (Å²) in [4.78, 5) is 29.7. The van der Waals surface area contributed by atoms with Gasteiger partial charge in [-0.15, -0.1) is 0 Å². The first kappa shape index (κ1) is 17.2. The molecule has 2 rings (SSSR count). The average molecular weight is 319 g/mol. The summed E-state index contributed by atoms with van der Waals surface area (Å²) in [6.45, 7) is 4.65. The van der Waals surface area contributed by atoms with Gasteiger partial charge in [0.1, 0.15) is 0 Å². The zero-order valence-corrected chi connectivity index (χ0v) is 13.8. The minimum Gasteiger partial charge on any atom is -0.477 e. The Bertz CT molecular complexity index is 537. The van der Waals surface area contributed by atoms with Crippen molar-refractivity contribution >= 4 is 11.8 Å². The van der Waals surface area contributed by atoms with Gasteiger partial charge in [-0.25, -0.2) is 4.98 Å². The Kier molecular flexibility index (Phi) is 5.96. The molecule has 0 radical (unpaired) electrons. The lowest BCUT2D eigenvalue weighted by molar-refractivity contribution is -0.119. The molecular formula is C17H25N3O3. The van der Waals surface area contributed by atoms with E-state index in [2.05, 4.69) is 18.8 Å². The second-order valence-corrected chi connectivity index (χ2v) is 6.43. The van der Waals surface area contributed by atoms with Gasteiger partial charge < -0.3 is 15.4 Å². The highest BCUT2D eigenvalue weighted by Crippen LogP contribution is 2.25. The second-order valence-electron chi connectivity index (χ2n) is 6.43. The first-order valence-corrected chi connectivity index (χ1v) is 8.15. The lowest BCUT2D eigenvalue weighted by Crippen LogP contribution is -2.44. The summed E-state index contributed by atoms with van der Waals surface area (Å²) in [6, 6.07) is 3.47. The van der Waals surface area contributed by atoms with Crippen LogP contribution in [0.3, 0.4) is 0 Å². The highest BCUT2D eigenvalue weighted by Gasteiger charge is 2.28. The summed E-state index contributed by atoms with van der Waals surface area (Å²) in [6.07, 6.45) is 5.49. The lowest BCUT2D eigenvalue weighted by atomic mass is 10.1. The van der Waals surface area contributed by atoms with Gasteiger partial charge in [0.25, 0.3) is 5.91 Å². The van der Waals surface area contributed by atoms with E-state index in [0.717, 1.165) is 25.7 Å². The first-order valence-electron chi connectivity index (χ1n) is 8.15. The van der Waals surface area contributed by atoms with Crippen LogP contribution in [-0.2, 0) is 4.79 Å². The molecule has 1 aromatic rings. The van der Waals surface area contributed by atoms with Crippen LogP contribution in [0.15, 0.2) is 18.3 Å². The standard InChI is InChI=1S/C17H25N3O3/c1-12(2)11-23-16-8-7-13(9-19-16)17(22)20(10-15(18)21)14-5-3-4-6-14/h7-9,12,14H,3-6,10-11H2,1-2H3,(H2,18,21). The van der Waals surface area contributed by atoms with Crippen LogP contribution in [0.5, 0.6) is 5.88 Å². The van der Waals surface area contributed by atoms with Crippen LogP contribution in [0, 0.1) is 5.92 Å². The molecular weight excluding hydrogens is 294 g/mol. The maximum absolute atomic E-state index is 12.7. The van der Waals surface area contributed by atoms with E-state index in [1.165, 1.54) is 6.20 Å². The highest BCUT2D eigenvalue weighted by molar-refractivity contribution is 5.96. The zero-order chi connectivity index (χ0) is 16.8. The first-order chi connectivity index (χ1) is 11.0. The van der Waals surface area contributed by atoms with Crippen LogP contribution in [0.2, 0.25) is 0 Å². The van der Waals surface area contributed by atoms with Gasteiger partial charge in [0.2, 0.25) is 11.8 Å². The molecule has 0 unspecified atom stereocenters. The van der Waals surface area contributed by atoms with E-state index < -0.39 is 5.91 Å². The topological polar surface area (TPSA) is 85.5 Å². The molecule has 0 bridgehead atoms. The average Bonchev–Trinajstić information content (AvgIpc) is 3.04. The molecule has 1 aromatic heterocycles. The molecule has 1 saturated carbocycles. The molecule has 1 fully saturated rings. The quantitative estimate of drug-likeness (QED) is 0.833.